The molecule has 1 aromatic heterocycles. The topological polar surface area (TPSA) is 49.9 Å². The average molecular weight is 320 g/mol. The lowest BCUT2D eigenvalue weighted by Gasteiger charge is -2.34. The van der Waals surface area contributed by atoms with Crippen LogP contribution in [0.3, 0.4) is 0 Å². The Bertz CT molecular complexity index is 574. The van der Waals surface area contributed by atoms with Gasteiger partial charge in [-0.3, -0.25) is 9.59 Å². The predicted molar refractivity (Wildman–Crippen MR) is 82.9 cm³/mol. The molecule has 118 valence electrons. The van der Waals surface area contributed by atoms with Crippen molar-refractivity contribution in [1.82, 2.24) is 9.80 Å². The summed E-state index contributed by atoms with van der Waals surface area (Å²) >= 11 is 1.48. The lowest BCUT2D eigenvalue weighted by molar-refractivity contribution is -0.132. The van der Waals surface area contributed by atoms with Crippen LogP contribution in [0.15, 0.2) is 17.5 Å². The van der Waals surface area contributed by atoms with Crippen molar-refractivity contribution in [2.45, 2.75) is 43.9 Å². The van der Waals surface area contributed by atoms with E-state index in [-0.39, 0.29) is 30.0 Å². The summed E-state index contributed by atoms with van der Waals surface area (Å²) in [5.41, 5.74) is 0. The maximum Gasteiger partial charge on any atom is 0.264 e. The predicted octanol–water partition coefficient (Wildman–Crippen LogP) is 1.74. The largest absolute Gasteiger partial charge is 0.374 e. The second-order valence-electron chi connectivity index (χ2n) is 6.24. The first-order valence-corrected chi connectivity index (χ1v) is 8.89. The molecule has 0 N–H and O–H groups in total. The third-order valence-electron chi connectivity index (χ3n) is 5.00. The van der Waals surface area contributed by atoms with Gasteiger partial charge in [0.25, 0.3) is 5.91 Å². The van der Waals surface area contributed by atoms with Gasteiger partial charge in [0.2, 0.25) is 5.91 Å². The van der Waals surface area contributed by atoms with Crippen molar-refractivity contribution >= 4 is 23.2 Å². The molecule has 3 saturated heterocycles. The Hall–Kier alpha value is -1.40. The summed E-state index contributed by atoms with van der Waals surface area (Å²) in [7, 11) is 0. The lowest BCUT2D eigenvalue weighted by Crippen LogP contribution is -2.48. The molecule has 0 unspecified atom stereocenters. The van der Waals surface area contributed by atoms with Crippen LogP contribution in [0.4, 0.5) is 0 Å². The Morgan fingerprint density at radius 1 is 1.32 bits per heavy atom. The highest BCUT2D eigenvalue weighted by molar-refractivity contribution is 7.12. The molecular weight excluding hydrogens is 300 g/mol. The Kier molecular flexibility index (Phi) is 3.66. The van der Waals surface area contributed by atoms with Gasteiger partial charge in [-0.25, -0.2) is 0 Å². The number of amides is 2. The maximum absolute atomic E-state index is 12.8. The molecule has 3 aliphatic heterocycles. The standard InChI is InChI=1S/C16H20N2O3S/c19-14-6-1-7-17(14)12-10-18(11-4-2-8-21-15(11)12)16(20)13-5-3-9-22-13/h3,5,9,11-12,15H,1-2,4,6-8,10H2/t11-,12-,15+/m1/s1. The Morgan fingerprint density at radius 2 is 2.23 bits per heavy atom. The van der Waals surface area contributed by atoms with Crippen LogP contribution in [0.5, 0.6) is 0 Å². The van der Waals surface area contributed by atoms with Crippen molar-refractivity contribution in [2.24, 2.45) is 0 Å². The van der Waals surface area contributed by atoms with Crippen LogP contribution < -0.4 is 0 Å². The second-order valence-corrected chi connectivity index (χ2v) is 7.19. The number of thiophene rings is 1. The summed E-state index contributed by atoms with van der Waals surface area (Å²) in [4.78, 5) is 29.6. The zero-order valence-corrected chi connectivity index (χ0v) is 13.3. The summed E-state index contributed by atoms with van der Waals surface area (Å²) in [6.45, 7) is 2.15. The van der Waals surface area contributed by atoms with E-state index in [0.717, 1.165) is 37.3 Å². The molecule has 1 aromatic rings. The second kappa shape index (κ2) is 5.66. The number of carbonyl (C=O) groups excluding carboxylic acids is 2. The molecule has 4 rings (SSSR count). The van der Waals surface area contributed by atoms with Gasteiger partial charge in [0.15, 0.2) is 0 Å². The Morgan fingerprint density at radius 3 is 2.95 bits per heavy atom. The molecule has 3 fully saturated rings. The minimum Gasteiger partial charge on any atom is -0.374 e. The van der Waals surface area contributed by atoms with E-state index in [2.05, 4.69) is 0 Å². The van der Waals surface area contributed by atoms with Gasteiger partial charge in [0.05, 0.1) is 23.1 Å². The minimum absolute atomic E-state index is 0.0142. The molecule has 2 amide bonds. The first-order chi connectivity index (χ1) is 10.8. The SMILES string of the molecule is O=C1CCCN1[C@@H]1CN(C(=O)c2cccs2)[C@@H]2CCCO[C@H]12. The van der Waals surface area contributed by atoms with Crippen LogP contribution in [-0.4, -0.2) is 59.5 Å². The molecule has 0 radical (unpaired) electrons. The van der Waals surface area contributed by atoms with E-state index in [1.54, 1.807) is 0 Å². The lowest BCUT2D eigenvalue weighted by atomic mass is 10.00. The van der Waals surface area contributed by atoms with E-state index in [0.29, 0.717) is 13.0 Å². The molecule has 0 bridgehead atoms. The molecule has 3 atom stereocenters. The van der Waals surface area contributed by atoms with E-state index in [1.165, 1.54) is 11.3 Å². The van der Waals surface area contributed by atoms with E-state index < -0.39 is 0 Å². The minimum atomic E-state index is -0.0142. The third kappa shape index (κ3) is 2.25. The smallest absolute Gasteiger partial charge is 0.264 e. The summed E-state index contributed by atoms with van der Waals surface area (Å²) < 4.78 is 5.99. The molecule has 3 aliphatic rings. The van der Waals surface area contributed by atoms with Crippen molar-refractivity contribution < 1.29 is 14.3 Å². The third-order valence-corrected chi connectivity index (χ3v) is 5.86. The summed E-state index contributed by atoms with van der Waals surface area (Å²) in [6, 6.07) is 3.93. The van der Waals surface area contributed by atoms with Crippen LogP contribution in [0.25, 0.3) is 0 Å². The number of nitrogens with zero attached hydrogens (tertiary/aromatic N) is 2. The molecule has 5 nitrogen and oxygen atoms in total. The molecule has 0 spiro atoms. The summed E-state index contributed by atoms with van der Waals surface area (Å²) in [6.07, 6.45) is 3.49. The molecule has 0 saturated carbocycles. The highest BCUT2D eigenvalue weighted by Gasteiger charge is 2.50. The number of carbonyl (C=O) groups is 2. The van der Waals surface area contributed by atoms with Crippen LogP contribution in [0, 0.1) is 0 Å². The Balaban J connectivity index is 1.60. The number of likely N-dealkylation sites (tertiary alicyclic amines) is 2. The zero-order valence-electron chi connectivity index (χ0n) is 12.4. The van der Waals surface area contributed by atoms with Crippen LogP contribution in [-0.2, 0) is 9.53 Å². The van der Waals surface area contributed by atoms with Crippen molar-refractivity contribution in [3.05, 3.63) is 22.4 Å². The fourth-order valence-corrected chi connectivity index (χ4v) is 4.68. The average Bonchev–Trinajstić information content (AvgIpc) is 3.25. The molecular formula is C16H20N2O3S. The molecule has 4 heterocycles. The fourth-order valence-electron chi connectivity index (χ4n) is 4.00. The quantitative estimate of drug-likeness (QED) is 0.834. The number of hydrogen-bond acceptors (Lipinski definition) is 4. The van der Waals surface area contributed by atoms with E-state index in [9.17, 15) is 9.59 Å². The molecule has 0 aliphatic carbocycles. The van der Waals surface area contributed by atoms with Gasteiger partial charge in [-0.1, -0.05) is 6.07 Å². The number of rotatable bonds is 2. The van der Waals surface area contributed by atoms with Gasteiger partial charge in [-0.2, -0.15) is 0 Å². The summed E-state index contributed by atoms with van der Waals surface area (Å²) in [5.74, 6) is 0.299. The first-order valence-electron chi connectivity index (χ1n) is 8.01. The normalized spacial score (nSPS) is 31.6. The zero-order chi connectivity index (χ0) is 15.1. The van der Waals surface area contributed by atoms with Crippen molar-refractivity contribution in [2.75, 3.05) is 19.7 Å². The van der Waals surface area contributed by atoms with Gasteiger partial charge >= 0.3 is 0 Å². The number of ether oxygens (including phenoxy) is 1. The highest BCUT2D eigenvalue weighted by Crippen LogP contribution is 2.34. The van der Waals surface area contributed by atoms with Gasteiger partial charge in [-0.15, -0.1) is 11.3 Å². The van der Waals surface area contributed by atoms with Gasteiger partial charge < -0.3 is 14.5 Å². The molecule has 22 heavy (non-hydrogen) atoms. The van der Waals surface area contributed by atoms with Crippen molar-refractivity contribution in [1.29, 1.82) is 0 Å². The van der Waals surface area contributed by atoms with Crippen molar-refractivity contribution in [3.63, 3.8) is 0 Å². The number of fused-ring (bicyclic) bond motifs is 1. The number of hydrogen-bond donors (Lipinski definition) is 0. The first kappa shape index (κ1) is 14.2. The van der Waals surface area contributed by atoms with Crippen LogP contribution in [0.1, 0.15) is 35.4 Å². The van der Waals surface area contributed by atoms with Crippen LogP contribution >= 0.6 is 11.3 Å². The Labute approximate surface area is 133 Å². The van der Waals surface area contributed by atoms with Gasteiger partial charge in [0, 0.05) is 26.1 Å². The maximum atomic E-state index is 12.8. The molecule has 6 heteroatoms. The molecule has 0 aromatic carbocycles. The summed E-state index contributed by atoms with van der Waals surface area (Å²) in [5, 5.41) is 1.93. The highest BCUT2D eigenvalue weighted by atomic mass is 32.1. The van der Waals surface area contributed by atoms with Crippen molar-refractivity contribution in [3.8, 4) is 0 Å². The monoisotopic (exact) mass is 320 g/mol. The van der Waals surface area contributed by atoms with Gasteiger partial charge in [0.1, 0.15) is 0 Å². The van der Waals surface area contributed by atoms with Crippen LogP contribution in [0.2, 0.25) is 0 Å². The van der Waals surface area contributed by atoms with E-state index in [1.807, 2.05) is 27.3 Å². The van der Waals surface area contributed by atoms with Gasteiger partial charge in [-0.05, 0) is 30.7 Å². The van der Waals surface area contributed by atoms with E-state index in [4.69, 9.17) is 4.74 Å². The fraction of sp³-hybridized carbons (Fsp3) is 0.625. The van der Waals surface area contributed by atoms with E-state index >= 15 is 0 Å².